The highest BCUT2D eigenvalue weighted by molar-refractivity contribution is 5.80. The Morgan fingerprint density at radius 3 is 2.34 bits per heavy atom. The standard InChI is InChI=1S/C25H22FN5O/c1-2-30-24(32)20-10-6-7-11-21(20)31-22(28-29-25(30)31)16-27-23(17-8-4-3-5-9-17)18-12-14-19(26)15-13-18/h3-15,23,27H,2,16H2,1H3. The molecule has 32 heavy (non-hydrogen) atoms. The summed E-state index contributed by atoms with van der Waals surface area (Å²) in [6.45, 7) is 2.83. The third-order valence-corrected chi connectivity index (χ3v) is 5.69. The van der Waals surface area contributed by atoms with Crippen molar-refractivity contribution in [3.8, 4) is 0 Å². The molecule has 2 heterocycles. The van der Waals surface area contributed by atoms with Crippen molar-refractivity contribution >= 4 is 16.7 Å². The number of para-hydroxylation sites is 1. The van der Waals surface area contributed by atoms with Crippen LogP contribution in [0.5, 0.6) is 0 Å². The molecule has 7 heteroatoms. The van der Waals surface area contributed by atoms with Gasteiger partial charge in [0.2, 0.25) is 5.78 Å². The van der Waals surface area contributed by atoms with Gasteiger partial charge in [0.05, 0.1) is 23.5 Å². The second-order valence-electron chi connectivity index (χ2n) is 7.59. The predicted octanol–water partition coefficient (Wildman–Crippen LogP) is 4.08. The molecule has 3 aromatic carbocycles. The Balaban J connectivity index is 1.58. The van der Waals surface area contributed by atoms with Crippen LogP contribution in [0.3, 0.4) is 0 Å². The van der Waals surface area contributed by atoms with Crippen molar-refractivity contribution in [1.29, 1.82) is 0 Å². The topological polar surface area (TPSA) is 64.2 Å². The molecule has 5 aromatic rings. The van der Waals surface area contributed by atoms with Crippen LogP contribution in [0.25, 0.3) is 16.7 Å². The van der Waals surface area contributed by atoms with Gasteiger partial charge in [-0.15, -0.1) is 10.2 Å². The highest BCUT2D eigenvalue weighted by atomic mass is 19.1. The molecule has 6 nitrogen and oxygen atoms in total. The van der Waals surface area contributed by atoms with Crippen molar-refractivity contribution in [2.45, 2.75) is 26.1 Å². The average Bonchev–Trinajstić information content (AvgIpc) is 3.25. The van der Waals surface area contributed by atoms with E-state index in [0.717, 1.165) is 16.6 Å². The molecule has 1 atom stereocenters. The summed E-state index contributed by atoms with van der Waals surface area (Å²) in [7, 11) is 0. The number of aryl methyl sites for hydroxylation is 1. The van der Waals surface area contributed by atoms with Crippen LogP contribution in [0.4, 0.5) is 4.39 Å². The molecule has 0 amide bonds. The summed E-state index contributed by atoms with van der Waals surface area (Å²) in [5, 5.41) is 12.9. The molecule has 0 saturated carbocycles. The van der Waals surface area contributed by atoms with Crippen LogP contribution in [-0.4, -0.2) is 19.2 Å². The molecule has 0 saturated heterocycles. The fourth-order valence-corrected chi connectivity index (χ4v) is 4.14. The summed E-state index contributed by atoms with van der Waals surface area (Å²) >= 11 is 0. The molecule has 0 aliphatic carbocycles. The largest absolute Gasteiger partial charge is 0.299 e. The molecule has 2 aromatic heterocycles. The highest BCUT2D eigenvalue weighted by Crippen LogP contribution is 2.23. The lowest BCUT2D eigenvalue weighted by Crippen LogP contribution is -2.25. The van der Waals surface area contributed by atoms with Crippen molar-refractivity contribution in [3.63, 3.8) is 0 Å². The third-order valence-electron chi connectivity index (χ3n) is 5.69. The highest BCUT2D eigenvalue weighted by Gasteiger charge is 2.18. The molecule has 0 spiro atoms. The van der Waals surface area contributed by atoms with E-state index in [0.29, 0.717) is 30.1 Å². The van der Waals surface area contributed by atoms with Gasteiger partial charge < -0.3 is 0 Å². The van der Waals surface area contributed by atoms with Crippen molar-refractivity contribution in [3.05, 3.63) is 112 Å². The van der Waals surface area contributed by atoms with Crippen molar-refractivity contribution in [1.82, 2.24) is 24.5 Å². The van der Waals surface area contributed by atoms with Crippen LogP contribution in [0.1, 0.15) is 29.9 Å². The van der Waals surface area contributed by atoms with E-state index in [1.807, 2.05) is 65.9 Å². The first-order valence-electron chi connectivity index (χ1n) is 10.6. The van der Waals surface area contributed by atoms with Gasteiger partial charge in [0, 0.05) is 6.54 Å². The maximum absolute atomic E-state index is 13.5. The van der Waals surface area contributed by atoms with Gasteiger partial charge in [-0.05, 0) is 42.3 Å². The van der Waals surface area contributed by atoms with Crippen molar-refractivity contribution in [2.75, 3.05) is 0 Å². The van der Waals surface area contributed by atoms with Crippen LogP contribution in [0.15, 0.2) is 83.7 Å². The number of hydrogen-bond donors (Lipinski definition) is 1. The Bertz CT molecular complexity index is 1440. The van der Waals surface area contributed by atoms with Gasteiger partial charge in [-0.2, -0.15) is 0 Å². The number of hydrogen-bond acceptors (Lipinski definition) is 4. The van der Waals surface area contributed by atoms with E-state index in [1.54, 1.807) is 16.7 Å². The fourth-order valence-electron chi connectivity index (χ4n) is 4.14. The summed E-state index contributed by atoms with van der Waals surface area (Å²) in [6, 6.07) is 23.8. The zero-order chi connectivity index (χ0) is 22.1. The number of nitrogens with one attached hydrogen (secondary N) is 1. The quantitative estimate of drug-likeness (QED) is 0.444. The second kappa shape index (κ2) is 8.36. The van der Waals surface area contributed by atoms with Gasteiger partial charge in [0.25, 0.3) is 5.56 Å². The maximum Gasteiger partial charge on any atom is 0.262 e. The minimum absolute atomic E-state index is 0.0732. The van der Waals surface area contributed by atoms with E-state index in [1.165, 1.54) is 12.1 Å². The van der Waals surface area contributed by atoms with E-state index < -0.39 is 0 Å². The fraction of sp³-hybridized carbons (Fsp3) is 0.160. The van der Waals surface area contributed by atoms with Crippen LogP contribution < -0.4 is 10.9 Å². The van der Waals surface area contributed by atoms with Crippen LogP contribution >= 0.6 is 0 Å². The molecular weight excluding hydrogens is 405 g/mol. The first kappa shape index (κ1) is 20.1. The number of halogens is 1. The summed E-state index contributed by atoms with van der Waals surface area (Å²) in [4.78, 5) is 12.9. The molecule has 1 N–H and O–H groups in total. The van der Waals surface area contributed by atoms with E-state index in [-0.39, 0.29) is 17.4 Å². The zero-order valence-corrected chi connectivity index (χ0v) is 17.6. The van der Waals surface area contributed by atoms with Gasteiger partial charge in [-0.1, -0.05) is 54.6 Å². The molecule has 0 aliphatic heterocycles. The van der Waals surface area contributed by atoms with Gasteiger partial charge in [0.15, 0.2) is 5.82 Å². The first-order chi connectivity index (χ1) is 15.7. The Hall–Kier alpha value is -3.84. The molecule has 5 rings (SSSR count). The summed E-state index contributed by atoms with van der Waals surface area (Å²) < 4.78 is 17.1. The lowest BCUT2D eigenvalue weighted by atomic mass is 9.98. The van der Waals surface area contributed by atoms with Gasteiger partial charge >= 0.3 is 0 Å². The van der Waals surface area contributed by atoms with Crippen molar-refractivity contribution in [2.24, 2.45) is 0 Å². The molecule has 0 bridgehead atoms. The Labute approximate surface area is 184 Å². The molecule has 0 aliphatic rings. The van der Waals surface area contributed by atoms with E-state index in [2.05, 4.69) is 15.5 Å². The zero-order valence-electron chi connectivity index (χ0n) is 17.6. The maximum atomic E-state index is 13.5. The monoisotopic (exact) mass is 427 g/mol. The summed E-state index contributed by atoms with van der Waals surface area (Å²) in [5.74, 6) is 0.945. The molecular formula is C25H22FN5O. The lowest BCUT2D eigenvalue weighted by Gasteiger charge is -2.20. The van der Waals surface area contributed by atoms with E-state index in [9.17, 15) is 9.18 Å². The average molecular weight is 427 g/mol. The third kappa shape index (κ3) is 3.46. The van der Waals surface area contributed by atoms with Crippen LogP contribution in [0, 0.1) is 5.82 Å². The summed E-state index contributed by atoms with van der Waals surface area (Å²) in [6.07, 6.45) is 0. The predicted molar refractivity (Wildman–Crippen MR) is 122 cm³/mol. The lowest BCUT2D eigenvalue weighted by molar-refractivity contribution is 0.580. The number of aromatic nitrogens is 4. The number of nitrogens with zero attached hydrogens (tertiary/aromatic N) is 4. The van der Waals surface area contributed by atoms with Crippen molar-refractivity contribution < 1.29 is 4.39 Å². The van der Waals surface area contributed by atoms with E-state index >= 15 is 0 Å². The van der Waals surface area contributed by atoms with Crippen LogP contribution in [0.2, 0.25) is 0 Å². The van der Waals surface area contributed by atoms with Gasteiger partial charge in [0.1, 0.15) is 5.82 Å². The molecule has 0 fully saturated rings. The number of benzene rings is 3. The van der Waals surface area contributed by atoms with E-state index in [4.69, 9.17) is 0 Å². The smallest absolute Gasteiger partial charge is 0.262 e. The Kier molecular flexibility index (Phi) is 5.25. The minimum atomic E-state index is -0.270. The minimum Gasteiger partial charge on any atom is -0.299 e. The molecule has 0 radical (unpaired) electrons. The SMILES string of the molecule is CCn1c(=O)c2ccccc2n2c(CNC(c3ccccc3)c3ccc(F)cc3)nnc12. The summed E-state index contributed by atoms with van der Waals surface area (Å²) in [5.41, 5.74) is 2.71. The molecule has 160 valence electrons. The Morgan fingerprint density at radius 1 is 0.906 bits per heavy atom. The number of rotatable bonds is 6. The first-order valence-corrected chi connectivity index (χ1v) is 10.6. The van der Waals surface area contributed by atoms with Gasteiger partial charge in [-0.25, -0.2) is 4.39 Å². The molecule has 1 unspecified atom stereocenters. The number of fused-ring (bicyclic) bond motifs is 3. The van der Waals surface area contributed by atoms with Crippen LogP contribution in [-0.2, 0) is 13.1 Å². The van der Waals surface area contributed by atoms with Gasteiger partial charge in [-0.3, -0.25) is 19.1 Å². The normalized spacial score (nSPS) is 12.4. The second-order valence-corrected chi connectivity index (χ2v) is 7.59. The Morgan fingerprint density at radius 2 is 1.59 bits per heavy atom.